The SMILES string of the molecule is CC(=O)N1CCN(c2nc3c(c(=O)n(C)c(=O)n3C)n2Cc2ccccc2)CC1. The quantitative estimate of drug-likeness (QED) is 0.629. The van der Waals surface area contributed by atoms with E-state index in [9.17, 15) is 14.4 Å². The number of piperazine rings is 1. The van der Waals surface area contributed by atoms with Crippen molar-refractivity contribution in [2.45, 2.75) is 13.5 Å². The lowest BCUT2D eigenvalue weighted by molar-refractivity contribution is -0.129. The number of hydrogen-bond acceptors (Lipinski definition) is 5. The topological polar surface area (TPSA) is 85.4 Å². The fraction of sp³-hybridized carbons (Fsp3) is 0.400. The molecule has 0 saturated carbocycles. The number of nitrogens with zero attached hydrogens (tertiary/aromatic N) is 6. The summed E-state index contributed by atoms with van der Waals surface area (Å²) in [7, 11) is 3.11. The Kier molecular flexibility index (Phi) is 4.73. The van der Waals surface area contributed by atoms with Crippen molar-refractivity contribution in [2.75, 3.05) is 31.1 Å². The number of imidazole rings is 1. The molecule has 1 aromatic carbocycles. The predicted molar refractivity (Wildman–Crippen MR) is 110 cm³/mol. The first-order chi connectivity index (χ1) is 13.9. The van der Waals surface area contributed by atoms with Gasteiger partial charge in [0.15, 0.2) is 11.2 Å². The summed E-state index contributed by atoms with van der Waals surface area (Å²) < 4.78 is 4.41. The van der Waals surface area contributed by atoms with E-state index < -0.39 is 5.69 Å². The van der Waals surface area contributed by atoms with Gasteiger partial charge in [0.1, 0.15) is 0 Å². The minimum Gasteiger partial charge on any atom is -0.339 e. The number of amides is 1. The van der Waals surface area contributed by atoms with Crippen LogP contribution in [-0.2, 0) is 25.4 Å². The molecule has 9 heteroatoms. The number of carbonyl (C=O) groups is 1. The number of aryl methyl sites for hydroxylation is 1. The molecular formula is C20H24N6O3. The molecule has 0 bridgehead atoms. The van der Waals surface area contributed by atoms with E-state index in [0.29, 0.717) is 49.8 Å². The fourth-order valence-corrected chi connectivity index (χ4v) is 3.81. The highest BCUT2D eigenvalue weighted by Crippen LogP contribution is 2.22. The summed E-state index contributed by atoms with van der Waals surface area (Å²) in [5.74, 6) is 0.698. The van der Waals surface area contributed by atoms with Crippen LogP contribution in [0.15, 0.2) is 39.9 Å². The molecule has 152 valence electrons. The standard InChI is InChI=1S/C20H24N6O3/c1-14(27)24-9-11-25(12-10-24)19-21-17-16(18(28)23(3)20(29)22(17)2)26(19)13-15-7-5-4-6-8-15/h4-8H,9-13H2,1-3H3. The molecule has 0 N–H and O–H groups in total. The summed E-state index contributed by atoms with van der Waals surface area (Å²) in [5.41, 5.74) is 1.05. The average molecular weight is 396 g/mol. The Hall–Kier alpha value is -3.36. The lowest BCUT2D eigenvalue weighted by Gasteiger charge is -2.35. The Morgan fingerprint density at radius 2 is 1.66 bits per heavy atom. The summed E-state index contributed by atoms with van der Waals surface area (Å²) in [5, 5.41) is 0. The Morgan fingerprint density at radius 1 is 1.00 bits per heavy atom. The predicted octanol–water partition coefficient (Wildman–Crippen LogP) is 0.151. The van der Waals surface area contributed by atoms with Gasteiger partial charge in [-0.2, -0.15) is 4.98 Å². The summed E-state index contributed by atoms with van der Waals surface area (Å²) in [6.45, 7) is 4.46. The van der Waals surface area contributed by atoms with Crippen molar-refractivity contribution in [1.82, 2.24) is 23.6 Å². The van der Waals surface area contributed by atoms with E-state index in [1.807, 2.05) is 34.9 Å². The monoisotopic (exact) mass is 396 g/mol. The highest BCUT2D eigenvalue weighted by molar-refractivity contribution is 5.75. The Bertz CT molecular complexity index is 1180. The number of carbonyl (C=O) groups excluding carboxylic acids is 1. The number of fused-ring (bicyclic) bond motifs is 1. The molecule has 0 spiro atoms. The zero-order valence-electron chi connectivity index (χ0n) is 16.8. The van der Waals surface area contributed by atoms with Crippen LogP contribution in [0, 0.1) is 0 Å². The summed E-state index contributed by atoms with van der Waals surface area (Å²) >= 11 is 0. The van der Waals surface area contributed by atoms with Crippen molar-refractivity contribution in [1.29, 1.82) is 0 Å². The third kappa shape index (κ3) is 3.22. The minimum absolute atomic E-state index is 0.0544. The molecule has 29 heavy (non-hydrogen) atoms. The first-order valence-corrected chi connectivity index (χ1v) is 9.59. The van der Waals surface area contributed by atoms with Crippen LogP contribution in [0.3, 0.4) is 0 Å². The number of anilines is 1. The van der Waals surface area contributed by atoms with Gasteiger partial charge in [-0.15, -0.1) is 0 Å². The molecule has 1 aliphatic heterocycles. The normalized spacial score (nSPS) is 14.6. The minimum atomic E-state index is -0.403. The van der Waals surface area contributed by atoms with Crippen LogP contribution in [0.25, 0.3) is 11.2 Å². The molecule has 3 heterocycles. The maximum absolute atomic E-state index is 13.0. The highest BCUT2D eigenvalue weighted by atomic mass is 16.2. The van der Waals surface area contributed by atoms with E-state index in [2.05, 4.69) is 4.90 Å². The number of rotatable bonds is 3. The molecule has 0 radical (unpaired) electrons. The fourth-order valence-electron chi connectivity index (χ4n) is 3.81. The summed E-state index contributed by atoms with van der Waals surface area (Å²) in [6.07, 6.45) is 0. The van der Waals surface area contributed by atoms with Crippen molar-refractivity contribution in [3.05, 3.63) is 56.7 Å². The maximum atomic E-state index is 13.0. The van der Waals surface area contributed by atoms with Crippen LogP contribution < -0.4 is 16.1 Å². The van der Waals surface area contributed by atoms with Crippen LogP contribution >= 0.6 is 0 Å². The van der Waals surface area contributed by atoms with Crippen molar-refractivity contribution >= 4 is 23.0 Å². The Labute approximate surface area is 167 Å². The van der Waals surface area contributed by atoms with E-state index in [1.54, 1.807) is 18.9 Å². The number of hydrogen-bond donors (Lipinski definition) is 0. The highest BCUT2D eigenvalue weighted by Gasteiger charge is 2.26. The molecule has 1 aliphatic rings. The number of aromatic nitrogens is 4. The van der Waals surface area contributed by atoms with Crippen molar-refractivity contribution in [3.63, 3.8) is 0 Å². The van der Waals surface area contributed by atoms with E-state index in [-0.39, 0.29) is 11.5 Å². The van der Waals surface area contributed by atoms with Crippen molar-refractivity contribution in [2.24, 2.45) is 14.1 Å². The van der Waals surface area contributed by atoms with Gasteiger partial charge < -0.3 is 9.80 Å². The van der Waals surface area contributed by atoms with Crippen molar-refractivity contribution in [3.8, 4) is 0 Å². The molecule has 0 unspecified atom stereocenters. The summed E-state index contributed by atoms with van der Waals surface area (Å²) in [4.78, 5) is 45.6. The molecule has 1 saturated heterocycles. The van der Waals surface area contributed by atoms with Gasteiger partial charge in [0.05, 0.1) is 6.54 Å². The van der Waals surface area contributed by atoms with Gasteiger partial charge >= 0.3 is 5.69 Å². The first kappa shape index (κ1) is 19.0. The third-order valence-electron chi connectivity index (χ3n) is 5.52. The van der Waals surface area contributed by atoms with Gasteiger partial charge in [0.2, 0.25) is 11.9 Å². The second kappa shape index (κ2) is 7.23. The van der Waals surface area contributed by atoms with Crippen LogP contribution in [0.5, 0.6) is 0 Å². The second-order valence-corrected chi connectivity index (χ2v) is 7.35. The van der Waals surface area contributed by atoms with Gasteiger partial charge in [-0.25, -0.2) is 4.79 Å². The Morgan fingerprint density at radius 3 is 2.28 bits per heavy atom. The van der Waals surface area contributed by atoms with E-state index in [1.165, 1.54) is 11.6 Å². The number of benzene rings is 1. The zero-order valence-corrected chi connectivity index (χ0v) is 16.8. The van der Waals surface area contributed by atoms with Crippen LogP contribution in [0.2, 0.25) is 0 Å². The van der Waals surface area contributed by atoms with Gasteiger partial charge in [-0.3, -0.25) is 23.3 Å². The molecule has 4 rings (SSSR count). The van der Waals surface area contributed by atoms with E-state index in [0.717, 1.165) is 10.1 Å². The van der Waals surface area contributed by atoms with Gasteiger partial charge in [-0.1, -0.05) is 30.3 Å². The molecule has 9 nitrogen and oxygen atoms in total. The van der Waals surface area contributed by atoms with Gasteiger partial charge in [0.25, 0.3) is 5.56 Å². The summed E-state index contributed by atoms with van der Waals surface area (Å²) in [6, 6.07) is 9.84. The van der Waals surface area contributed by atoms with Crippen LogP contribution in [0.4, 0.5) is 5.95 Å². The van der Waals surface area contributed by atoms with Crippen molar-refractivity contribution < 1.29 is 4.79 Å². The van der Waals surface area contributed by atoms with E-state index in [4.69, 9.17) is 4.98 Å². The molecule has 0 aliphatic carbocycles. The van der Waals surface area contributed by atoms with Crippen LogP contribution in [0.1, 0.15) is 12.5 Å². The largest absolute Gasteiger partial charge is 0.339 e. The lowest BCUT2D eigenvalue weighted by atomic mass is 10.2. The smallest absolute Gasteiger partial charge is 0.332 e. The van der Waals surface area contributed by atoms with E-state index >= 15 is 0 Å². The zero-order chi connectivity index (χ0) is 20.7. The molecular weight excluding hydrogens is 372 g/mol. The third-order valence-corrected chi connectivity index (χ3v) is 5.52. The van der Waals surface area contributed by atoms with Gasteiger partial charge in [0, 0.05) is 47.2 Å². The first-order valence-electron chi connectivity index (χ1n) is 9.59. The van der Waals surface area contributed by atoms with Crippen LogP contribution in [-0.4, -0.2) is 55.7 Å². The lowest BCUT2D eigenvalue weighted by Crippen LogP contribution is -2.48. The molecule has 1 fully saturated rings. The Balaban J connectivity index is 1.87. The molecule has 1 amide bonds. The molecule has 0 atom stereocenters. The molecule has 3 aromatic rings. The molecule has 2 aromatic heterocycles. The average Bonchev–Trinajstić information content (AvgIpc) is 3.10. The maximum Gasteiger partial charge on any atom is 0.332 e. The second-order valence-electron chi connectivity index (χ2n) is 7.35. The van der Waals surface area contributed by atoms with Gasteiger partial charge in [-0.05, 0) is 5.56 Å².